The van der Waals surface area contributed by atoms with E-state index in [2.05, 4.69) is 4.99 Å². The molecule has 0 aliphatic rings. The molecule has 1 amide bonds. The van der Waals surface area contributed by atoms with Crippen molar-refractivity contribution < 1.29 is 33.3 Å². The average Bonchev–Trinajstić information content (AvgIpc) is 3.13. The molecule has 0 atom stereocenters. The summed E-state index contributed by atoms with van der Waals surface area (Å²) in [7, 11) is 4.20. The molecule has 0 aliphatic heterocycles. The minimum atomic E-state index is -0.571. The summed E-state index contributed by atoms with van der Waals surface area (Å²) >= 11 is 1.16. The number of amides is 1. The van der Waals surface area contributed by atoms with Gasteiger partial charge in [0.15, 0.2) is 16.3 Å². The molecule has 1 aromatic heterocycles. The zero-order valence-electron chi connectivity index (χ0n) is 18.0. The second kappa shape index (κ2) is 10.1. The maximum Gasteiger partial charge on any atom is 0.337 e. The number of hydrogen-bond acceptors (Lipinski definition) is 8. The molecule has 0 saturated heterocycles. The van der Waals surface area contributed by atoms with Crippen LogP contribution in [-0.2, 0) is 20.8 Å². The molecule has 0 N–H and O–H groups in total. The molecule has 0 radical (unpaired) electrons. The molecule has 1 heterocycles. The molecule has 32 heavy (non-hydrogen) atoms. The highest BCUT2D eigenvalue weighted by Crippen LogP contribution is 2.31. The summed E-state index contributed by atoms with van der Waals surface area (Å²) in [6, 6.07) is 9.79. The second-order valence-electron chi connectivity index (χ2n) is 6.41. The molecule has 0 unspecified atom stereocenters. The molecular formula is C22H22N2O7S. The fraction of sp³-hybridized carbons (Fsp3) is 0.273. The van der Waals surface area contributed by atoms with Gasteiger partial charge in [0.1, 0.15) is 6.54 Å². The third kappa shape index (κ3) is 4.65. The Morgan fingerprint density at radius 1 is 1.06 bits per heavy atom. The average molecular weight is 458 g/mol. The zero-order valence-corrected chi connectivity index (χ0v) is 18.9. The Balaban J connectivity index is 2.17. The number of aromatic nitrogens is 1. The number of esters is 2. The maximum atomic E-state index is 13.0. The van der Waals surface area contributed by atoms with E-state index in [0.717, 1.165) is 11.3 Å². The summed E-state index contributed by atoms with van der Waals surface area (Å²) in [5.41, 5.74) is 1.18. The SMILES string of the molecule is CCOC(=O)Cn1c(=NC(=O)c2cccc(OC)c2OC)sc2cc(C(=O)OC)ccc21. The predicted molar refractivity (Wildman–Crippen MR) is 117 cm³/mol. The maximum absolute atomic E-state index is 13.0. The van der Waals surface area contributed by atoms with E-state index < -0.39 is 17.8 Å². The third-order valence-electron chi connectivity index (χ3n) is 4.53. The highest BCUT2D eigenvalue weighted by molar-refractivity contribution is 7.16. The lowest BCUT2D eigenvalue weighted by Crippen LogP contribution is -2.23. The molecule has 0 bridgehead atoms. The van der Waals surface area contributed by atoms with Crippen LogP contribution < -0.4 is 14.3 Å². The predicted octanol–water partition coefficient (Wildman–Crippen LogP) is 2.81. The highest BCUT2D eigenvalue weighted by atomic mass is 32.1. The quantitative estimate of drug-likeness (QED) is 0.501. The van der Waals surface area contributed by atoms with Crippen LogP contribution in [0.25, 0.3) is 10.2 Å². The minimum absolute atomic E-state index is 0.146. The van der Waals surface area contributed by atoms with Gasteiger partial charge in [0.25, 0.3) is 5.91 Å². The fourth-order valence-electron chi connectivity index (χ4n) is 3.09. The number of nitrogens with zero attached hydrogens (tertiary/aromatic N) is 2. The molecule has 3 rings (SSSR count). The lowest BCUT2D eigenvalue weighted by Gasteiger charge is -2.10. The van der Waals surface area contributed by atoms with Crippen LogP contribution in [0.5, 0.6) is 11.5 Å². The molecule has 168 valence electrons. The van der Waals surface area contributed by atoms with Gasteiger partial charge in [-0.25, -0.2) is 4.79 Å². The van der Waals surface area contributed by atoms with E-state index in [0.29, 0.717) is 21.5 Å². The summed E-state index contributed by atoms with van der Waals surface area (Å²) in [4.78, 5) is 41.6. The van der Waals surface area contributed by atoms with Crippen molar-refractivity contribution in [2.75, 3.05) is 27.9 Å². The standard InChI is InChI=1S/C22H22N2O7S/c1-5-31-18(25)12-24-15-10-9-13(21(27)30-4)11-17(15)32-22(24)23-20(26)14-7-6-8-16(28-2)19(14)29-3/h6-11H,5,12H2,1-4H3. The first-order chi connectivity index (χ1) is 15.4. The van der Waals surface area contributed by atoms with Crippen molar-refractivity contribution in [1.29, 1.82) is 0 Å². The first-order valence-corrected chi connectivity index (χ1v) is 10.4. The molecule has 0 spiro atoms. The molecule has 2 aromatic carbocycles. The highest BCUT2D eigenvalue weighted by Gasteiger charge is 2.18. The van der Waals surface area contributed by atoms with Gasteiger partial charge in [0.2, 0.25) is 0 Å². The van der Waals surface area contributed by atoms with E-state index in [9.17, 15) is 14.4 Å². The van der Waals surface area contributed by atoms with Gasteiger partial charge < -0.3 is 23.5 Å². The Morgan fingerprint density at radius 3 is 2.50 bits per heavy atom. The van der Waals surface area contributed by atoms with Crippen molar-refractivity contribution in [3.05, 3.63) is 52.3 Å². The molecule has 10 heteroatoms. The van der Waals surface area contributed by atoms with Crippen molar-refractivity contribution in [3.63, 3.8) is 0 Å². The summed E-state index contributed by atoms with van der Waals surface area (Å²) in [5.74, 6) is -0.884. The lowest BCUT2D eigenvalue weighted by molar-refractivity contribution is -0.143. The Morgan fingerprint density at radius 2 is 1.84 bits per heavy atom. The minimum Gasteiger partial charge on any atom is -0.493 e. The number of carbonyl (C=O) groups excluding carboxylic acids is 3. The molecule has 3 aromatic rings. The third-order valence-corrected chi connectivity index (χ3v) is 5.57. The molecule has 9 nitrogen and oxygen atoms in total. The van der Waals surface area contributed by atoms with E-state index >= 15 is 0 Å². The smallest absolute Gasteiger partial charge is 0.337 e. The summed E-state index contributed by atoms with van der Waals surface area (Å²) in [6.07, 6.45) is 0. The van der Waals surface area contributed by atoms with Gasteiger partial charge in [0, 0.05) is 0 Å². The van der Waals surface area contributed by atoms with Crippen LogP contribution in [0.1, 0.15) is 27.6 Å². The Hall–Kier alpha value is -3.66. The Labute approximate surface area is 187 Å². The van der Waals surface area contributed by atoms with Crippen LogP contribution in [0, 0.1) is 0 Å². The number of ether oxygens (including phenoxy) is 4. The van der Waals surface area contributed by atoms with Gasteiger partial charge >= 0.3 is 11.9 Å². The summed E-state index contributed by atoms with van der Waals surface area (Å²) < 4.78 is 22.6. The van der Waals surface area contributed by atoms with Crippen molar-refractivity contribution >= 4 is 39.4 Å². The number of hydrogen-bond donors (Lipinski definition) is 0. The van der Waals surface area contributed by atoms with Crippen molar-refractivity contribution in [1.82, 2.24) is 4.57 Å². The van der Waals surface area contributed by atoms with Crippen molar-refractivity contribution in [2.45, 2.75) is 13.5 Å². The number of thiazole rings is 1. The van der Waals surface area contributed by atoms with Gasteiger partial charge in [0.05, 0.1) is 49.3 Å². The van der Waals surface area contributed by atoms with Crippen LogP contribution in [0.15, 0.2) is 41.4 Å². The molecule has 0 fully saturated rings. The first kappa shape index (κ1) is 23.0. The van der Waals surface area contributed by atoms with Gasteiger partial charge in [-0.1, -0.05) is 17.4 Å². The van der Waals surface area contributed by atoms with Crippen LogP contribution in [0.2, 0.25) is 0 Å². The summed E-state index contributed by atoms with van der Waals surface area (Å²) in [6.45, 7) is 1.79. The lowest BCUT2D eigenvalue weighted by atomic mass is 10.2. The summed E-state index contributed by atoms with van der Waals surface area (Å²) in [5, 5.41) is 0. The number of fused-ring (bicyclic) bond motifs is 1. The van der Waals surface area contributed by atoms with E-state index in [1.807, 2.05) is 0 Å². The first-order valence-electron chi connectivity index (χ1n) is 9.60. The van der Waals surface area contributed by atoms with E-state index in [1.54, 1.807) is 47.9 Å². The van der Waals surface area contributed by atoms with Gasteiger partial charge in [-0.2, -0.15) is 4.99 Å². The van der Waals surface area contributed by atoms with Gasteiger partial charge in [-0.3, -0.25) is 9.59 Å². The van der Waals surface area contributed by atoms with Gasteiger partial charge in [-0.15, -0.1) is 0 Å². The molecule has 0 saturated carbocycles. The Kier molecular flexibility index (Phi) is 7.26. The van der Waals surface area contributed by atoms with Crippen molar-refractivity contribution in [2.24, 2.45) is 4.99 Å². The molecular weight excluding hydrogens is 436 g/mol. The van der Waals surface area contributed by atoms with E-state index in [-0.39, 0.29) is 29.3 Å². The topological polar surface area (TPSA) is 105 Å². The van der Waals surface area contributed by atoms with Crippen LogP contribution in [0.4, 0.5) is 0 Å². The zero-order chi connectivity index (χ0) is 23.3. The largest absolute Gasteiger partial charge is 0.493 e. The number of rotatable bonds is 7. The van der Waals surface area contributed by atoms with Crippen LogP contribution in [-0.4, -0.2) is 50.3 Å². The number of carbonyl (C=O) groups is 3. The monoisotopic (exact) mass is 458 g/mol. The number of para-hydroxylation sites is 1. The van der Waals surface area contributed by atoms with Crippen LogP contribution >= 0.6 is 11.3 Å². The van der Waals surface area contributed by atoms with E-state index in [4.69, 9.17) is 18.9 Å². The van der Waals surface area contributed by atoms with Gasteiger partial charge in [-0.05, 0) is 37.3 Å². The number of benzene rings is 2. The Bertz CT molecular complexity index is 1240. The van der Waals surface area contributed by atoms with Crippen molar-refractivity contribution in [3.8, 4) is 11.5 Å². The normalized spacial score (nSPS) is 11.3. The van der Waals surface area contributed by atoms with Crippen LogP contribution in [0.3, 0.4) is 0 Å². The molecule has 0 aliphatic carbocycles. The second-order valence-corrected chi connectivity index (χ2v) is 7.42. The number of methoxy groups -OCH3 is 3. The van der Waals surface area contributed by atoms with E-state index in [1.165, 1.54) is 21.3 Å². The fourth-order valence-corrected chi connectivity index (χ4v) is 4.16.